The van der Waals surface area contributed by atoms with Gasteiger partial charge in [0, 0.05) is 59.3 Å². The van der Waals surface area contributed by atoms with Crippen LogP contribution in [0.2, 0.25) is 0 Å². The van der Waals surface area contributed by atoms with Crippen molar-refractivity contribution >= 4 is 35.3 Å². The average molecular weight is 347 g/mol. The van der Waals surface area contributed by atoms with Crippen molar-refractivity contribution in [2.45, 2.75) is 16.7 Å². The summed E-state index contributed by atoms with van der Waals surface area (Å²) in [7, 11) is 7.20. The zero-order valence-electron chi connectivity index (χ0n) is 13.7. The smallest absolute Gasteiger partial charge is 0.241 e. The van der Waals surface area contributed by atoms with Gasteiger partial charge in [-0.3, -0.25) is 14.5 Å². The van der Waals surface area contributed by atoms with Crippen LogP contribution < -0.4 is 5.32 Å². The van der Waals surface area contributed by atoms with Gasteiger partial charge in [-0.15, -0.1) is 23.5 Å². The molecule has 2 amide bonds. The van der Waals surface area contributed by atoms with Gasteiger partial charge >= 0.3 is 0 Å². The Morgan fingerprint density at radius 1 is 1.05 bits per heavy atom. The Labute approximate surface area is 141 Å². The van der Waals surface area contributed by atoms with Crippen LogP contribution in [-0.4, -0.2) is 103 Å². The maximum atomic E-state index is 12.4. The SMILES string of the molecule is CN(C)C(=O)C1CN(C2SCCNC2C(=O)N(C)C)CCS1. The molecule has 0 spiro atoms. The van der Waals surface area contributed by atoms with Crippen molar-refractivity contribution in [3.05, 3.63) is 0 Å². The van der Waals surface area contributed by atoms with Gasteiger partial charge < -0.3 is 15.1 Å². The highest BCUT2D eigenvalue weighted by molar-refractivity contribution is 8.00. The highest BCUT2D eigenvalue weighted by Gasteiger charge is 2.39. The third-order valence-corrected chi connectivity index (χ3v) is 6.44. The van der Waals surface area contributed by atoms with E-state index in [9.17, 15) is 9.59 Å². The van der Waals surface area contributed by atoms with E-state index in [1.165, 1.54) is 0 Å². The quantitative estimate of drug-likeness (QED) is 0.751. The van der Waals surface area contributed by atoms with Crippen molar-refractivity contribution < 1.29 is 9.59 Å². The van der Waals surface area contributed by atoms with Gasteiger partial charge in [0.05, 0.1) is 10.6 Å². The molecule has 1 N–H and O–H groups in total. The van der Waals surface area contributed by atoms with Crippen LogP contribution in [0.1, 0.15) is 0 Å². The molecule has 8 heteroatoms. The molecule has 126 valence electrons. The highest BCUT2D eigenvalue weighted by Crippen LogP contribution is 2.29. The minimum absolute atomic E-state index is 0.0265. The molecule has 2 heterocycles. The topological polar surface area (TPSA) is 55.9 Å². The lowest BCUT2D eigenvalue weighted by Gasteiger charge is -2.43. The van der Waals surface area contributed by atoms with E-state index in [2.05, 4.69) is 10.2 Å². The van der Waals surface area contributed by atoms with E-state index in [1.807, 2.05) is 11.8 Å². The molecule has 22 heavy (non-hydrogen) atoms. The Morgan fingerprint density at radius 2 is 1.73 bits per heavy atom. The summed E-state index contributed by atoms with van der Waals surface area (Å²) in [5, 5.41) is 3.45. The standard InChI is InChI=1S/C14H26N4O2S2/c1-16(2)12(19)10-9-18(6-8-21-10)14-11(13(20)17(3)4)15-5-7-22-14/h10-11,14-15H,5-9H2,1-4H3. The largest absolute Gasteiger partial charge is 0.348 e. The lowest BCUT2D eigenvalue weighted by molar-refractivity contribution is -0.131. The molecule has 2 saturated heterocycles. The molecule has 0 bridgehead atoms. The third-order valence-electron chi connectivity index (χ3n) is 3.92. The van der Waals surface area contributed by atoms with Gasteiger partial charge in [-0.05, 0) is 0 Å². The highest BCUT2D eigenvalue weighted by atomic mass is 32.2. The predicted molar refractivity (Wildman–Crippen MR) is 93.2 cm³/mol. The second-order valence-electron chi connectivity index (χ2n) is 6.01. The van der Waals surface area contributed by atoms with Crippen LogP contribution in [0.5, 0.6) is 0 Å². The molecule has 2 aliphatic rings. The molecule has 0 saturated carbocycles. The fraction of sp³-hybridized carbons (Fsp3) is 0.857. The van der Waals surface area contributed by atoms with Crippen LogP contribution in [0.25, 0.3) is 0 Å². The van der Waals surface area contributed by atoms with Gasteiger partial charge in [0.15, 0.2) is 0 Å². The number of amides is 2. The molecule has 0 aromatic heterocycles. The summed E-state index contributed by atoms with van der Waals surface area (Å²) in [6.45, 7) is 2.50. The van der Waals surface area contributed by atoms with Crippen molar-refractivity contribution in [1.82, 2.24) is 20.0 Å². The minimum atomic E-state index is -0.188. The van der Waals surface area contributed by atoms with E-state index in [-0.39, 0.29) is 28.5 Å². The Hall–Kier alpha value is -0.440. The number of likely N-dealkylation sites (N-methyl/N-ethyl adjacent to an activating group) is 1. The average Bonchev–Trinajstić information content (AvgIpc) is 2.53. The van der Waals surface area contributed by atoms with Crippen LogP contribution in [0, 0.1) is 0 Å². The first-order valence-electron chi connectivity index (χ1n) is 7.54. The second kappa shape index (κ2) is 7.90. The summed E-state index contributed by atoms with van der Waals surface area (Å²) in [5.74, 6) is 2.21. The van der Waals surface area contributed by atoms with Crippen molar-refractivity contribution in [1.29, 1.82) is 0 Å². The van der Waals surface area contributed by atoms with Gasteiger partial charge in [0.2, 0.25) is 11.8 Å². The number of carbonyl (C=O) groups is 2. The Balaban J connectivity index is 2.07. The number of nitrogens with one attached hydrogen (secondary N) is 1. The first kappa shape index (κ1) is 17.9. The summed E-state index contributed by atoms with van der Waals surface area (Å²) in [4.78, 5) is 30.3. The normalized spacial score (nSPS) is 29.9. The fourth-order valence-electron chi connectivity index (χ4n) is 2.73. The monoisotopic (exact) mass is 346 g/mol. The Bertz CT molecular complexity index is 420. The van der Waals surface area contributed by atoms with Gasteiger partial charge in [0.1, 0.15) is 6.04 Å². The molecule has 3 atom stereocenters. The molecule has 2 fully saturated rings. The number of nitrogens with zero attached hydrogens (tertiary/aromatic N) is 3. The van der Waals surface area contributed by atoms with Gasteiger partial charge in [-0.25, -0.2) is 0 Å². The van der Waals surface area contributed by atoms with Gasteiger partial charge in [0.25, 0.3) is 0 Å². The first-order chi connectivity index (χ1) is 10.4. The van der Waals surface area contributed by atoms with Crippen molar-refractivity contribution in [3.63, 3.8) is 0 Å². The van der Waals surface area contributed by atoms with Crippen LogP contribution in [0.4, 0.5) is 0 Å². The second-order valence-corrected chi connectivity index (χ2v) is 8.55. The molecule has 2 rings (SSSR count). The van der Waals surface area contributed by atoms with E-state index in [0.717, 1.165) is 31.1 Å². The Kier molecular flexibility index (Phi) is 6.43. The zero-order chi connectivity index (χ0) is 16.3. The van der Waals surface area contributed by atoms with Crippen LogP contribution in [0.15, 0.2) is 0 Å². The number of rotatable bonds is 3. The molecule has 0 aromatic rings. The summed E-state index contributed by atoms with van der Waals surface area (Å²) >= 11 is 3.55. The minimum Gasteiger partial charge on any atom is -0.348 e. The summed E-state index contributed by atoms with van der Waals surface area (Å²) in [6, 6.07) is -0.188. The molecule has 0 radical (unpaired) electrons. The third kappa shape index (κ3) is 4.10. The molecule has 0 aliphatic carbocycles. The van der Waals surface area contributed by atoms with Gasteiger partial charge in [-0.2, -0.15) is 0 Å². The van der Waals surface area contributed by atoms with E-state index >= 15 is 0 Å². The van der Waals surface area contributed by atoms with Crippen molar-refractivity contribution in [2.75, 3.05) is 59.3 Å². The lowest BCUT2D eigenvalue weighted by atomic mass is 10.2. The first-order valence-corrected chi connectivity index (χ1v) is 9.64. The molecule has 3 unspecified atom stereocenters. The zero-order valence-corrected chi connectivity index (χ0v) is 15.4. The number of hydrogen-bond acceptors (Lipinski definition) is 6. The van der Waals surface area contributed by atoms with Gasteiger partial charge in [-0.1, -0.05) is 0 Å². The molecule has 0 aromatic carbocycles. The molecule has 6 nitrogen and oxygen atoms in total. The predicted octanol–water partition coefficient (Wildman–Crippen LogP) is -0.389. The number of hydrogen-bond donors (Lipinski definition) is 1. The van der Waals surface area contributed by atoms with E-state index in [0.29, 0.717) is 0 Å². The number of carbonyl (C=O) groups excluding carboxylic acids is 2. The maximum absolute atomic E-state index is 12.4. The van der Waals surface area contributed by atoms with E-state index < -0.39 is 0 Å². The molecular formula is C14H26N4O2S2. The number of thioether (sulfide) groups is 2. The summed E-state index contributed by atoms with van der Waals surface area (Å²) in [5.41, 5.74) is 0. The Morgan fingerprint density at radius 3 is 2.36 bits per heavy atom. The lowest BCUT2D eigenvalue weighted by Crippen LogP contribution is -2.61. The van der Waals surface area contributed by atoms with Crippen LogP contribution in [0.3, 0.4) is 0 Å². The fourth-order valence-corrected chi connectivity index (χ4v) is 5.29. The molecule has 2 aliphatic heterocycles. The van der Waals surface area contributed by atoms with E-state index in [4.69, 9.17) is 0 Å². The van der Waals surface area contributed by atoms with Crippen molar-refractivity contribution in [3.8, 4) is 0 Å². The summed E-state index contributed by atoms with van der Waals surface area (Å²) in [6.07, 6.45) is 0. The maximum Gasteiger partial charge on any atom is 0.241 e. The summed E-state index contributed by atoms with van der Waals surface area (Å²) < 4.78 is 0. The van der Waals surface area contributed by atoms with Crippen LogP contribution >= 0.6 is 23.5 Å². The van der Waals surface area contributed by atoms with Crippen molar-refractivity contribution in [2.24, 2.45) is 0 Å². The molecular weight excluding hydrogens is 320 g/mol. The van der Waals surface area contributed by atoms with Crippen LogP contribution in [-0.2, 0) is 9.59 Å². The van der Waals surface area contributed by atoms with E-state index in [1.54, 1.807) is 49.8 Å².